The molecule has 0 aliphatic carbocycles. The molecule has 1 N–H and O–H groups in total. The number of aliphatic hydroxyl groups excluding tert-OH is 1. The van der Waals surface area contributed by atoms with Crippen LogP contribution in [0.15, 0.2) is 60.9 Å². The number of benzene rings is 2. The van der Waals surface area contributed by atoms with Gasteiger partial charge in [-0.3, -0.25) is 0 Å². The third kappa shape index (κ3) is 2.76. The van der Waals surface area contributed by atoms with Crippen molar-refractivity contribution in [3.63, 3.8) is 0 Å². The van der Waals surface area contributed by atoms with E-state index in [4.69, 9.17) is 9.47 Å². The highest BCUT2D eigenvalue weighted by atomic mass is 16.5. The first-order chi connectivity index (χ1) is 13.6. The molecule has 2 heterocycles. The minimum Gasteiger partial charge on any atom is -0.454 e. The summed E-state index contributed by atoms with van der Waals surface area (Å²) in [5.41, 5.74) is 4.31. The van der Waals surface area contributed by atoms with Gasteiger partial charge in [-0.25, -0.2) is 0 Å². The van der Waals surface area contributed by atoms with Crippen LogP contribution in [0, 0.1) is 0 Å². The van der Waals surface area contributed by atoms with Gasteiger partial charge < -0.3 is 19.5 Å². The van der Waals surface area contributed by atoms with Crippen LogP contribution in [0.1, 0.15) is 29.9 Å². The minimum atomic E-state index is 0.137. The Bertz CT molecular complexity index is 975. The second-order valence-electron chi connectivity index (χ2n) is 7.47. The van der Waals surface area contributed by atoms with Crippen molar-refractivity contribution in [2.75, 3.05) is 27.4 Å². The van der Waals surface area contributed by atoms with Crippen LogP contribution >= 0.6 is 0 Å². The van der Waals surface area contributed by atoms with Gasteiger partial charge in [0, 0.05) is 55.9 Å². The summed E-state index contributed by atoms with van der Waals surface area (Å²) in [7, 11) is 3.83. The molecule has 4 nitrogen and oxygen atoms in total. The molecule has 0 aromatic heterocycles. The lowest BCUT2D eigenvalue weighted by Crippen LogP contribution is -2.42. The van der Waals surface area contributed by atoms with Crippen LogP contribution in [0.25, 0.3) is 16.5 Å². The molecule has 2 aliphatic rings. The highest BCUT2D eigenvalue weighted by Gasteiger charge is 2.40. The molecule has 2 aromatic carbocycles. The fraction of sp³-hybridized carbons (Fsp3) is 0.333. The quantitative estimate of drug-likeness (QED) is 0.724. The van der Waals surface area contributed by atoms with Crippen molar-refractivity contribution in [3.8, 4) is 5.75 Å². The molecule has 146 valence electrons. The summed E-state index contributed by atoms with van der Waals surface area (Å²) in [6.07, 6.45) is 3.32. The van der Waals surface area contributed by atoms with Gasteiger partial charge in [0.05, 0.1) is 5.70 Å². The van der Waals surface area contributed by atoms with Crippen molar-refractivity contribution < 1.29 is 14.6 Å². The van der Waals surface area contributed by atoms with Gasteiger partial charge in [-0.1, -0.05) is 43.5 Å². The molecule has 28 heavy (non-hydrogen) atoms. The zero-order valence-electron chi connectivity index (χ0n) is 16.6. The molecule has 0 fully saturated rings. The molecule has 0 bridgehead atoms. The Hall–Kier alpha value is -2.56. The Morgan fingerprint density at radius 2 is 2.11 bits per heavy atom. The van der Waals surface area contributed by atoms with Gasteiger partial charge in [-0.05, 0) is 29.9 Å². The van der Waals surface area contributed by atoms with Crippen LogP contribution < -0.4 is 4.74 Å². The van der Waals surface area contributed by atoms with Crippen LogP contribution in [0.2, 0.25) is 0 Å². The highest BCUT2D eigenvalue weighted by Crippen LogP contribution is 2.51. The highest BCUT2D eigenvalue weighted by molar-refractivity contribution is 6.02. The van der Waals surface area contributed by atoms with Crippen molar-refractivity contribution in [3.05, 3.63) is 72.0 Å². The first-order valence-corrected chi connectivity index (χ1v) is 9.74. The lowest BCUT2D eigenvalue weighted by Gasteiger charge is -2.45. The van der Waals surface area contributed by atoms with Crippen molar-refractivity contribution >= 4 is 16.5 Å². The molecule has 2 atom stereocenters. The summed E-state index contributed by atoms with van der Waals surface area (Å²) < 4.78 is 11.7. The van der Waals surface area contributed by atoms with Crippen LogP contribution in [-0.4, -0.2) is 43.4 Å². The predicted molar refractivity (Wildman–Crippen MR) is 113 cm³/mol. The predicted octanol–water partition coefficient (Wildman–Crippen LogP) is 4.46. The van der Waals surface area contributed by atoms with E-state index in [1.807, 2.05) is 12.1 Å². The first kappa shape index (κ1) is 18.8. The number of hydrogen-bond acceptors (Lipinski definition) is 4. The average molecular weight is 377 g/mol. The van der Waals surface area contributed by atoms with Crippen molar-refractivity contribution in [1.82, 2.24) is 4.90 Å². The summed E-state index contributed by atoms with van der Waals surface area (Å²) in [5, 5.41) is 12.1. The first-order valence-electron chi connectivity index (χ1n) is 9.74. The van der Waals surface area contributed by atoms with Crippen molar-refractivity contribution in [1.29, 1.82) is 0 Å². The van der Waals surface area contributed by atoms with Crippen LogP contribution in [0.4, 0.5) is 0 Å². The van der Waals surface area contributed by atoms with Gasteiger partial charge in [0.25, 0.3) is 0 Å². The number of allylic oxidation sites excluding steroid dienone is 1. The smallest absolute Gasteiger partial charge is 0.157 e. The molecule has 0 saturated carbocycles. The number of ether oxygens (including phenoxy) is 2. The molecule has 2 aromatic rings. The fourth-order valence-electron chi connectivity index (χ4n) is 4.69. The van der Waals surface area contributed by atoms with E-state index in [2.05, 4.69) is 43.3 Å². The Labute approximate surface area is 166 Å². The number of likely N-dealkylation sites (N-methyl/N-ethyl adjacent to an activating group) is 1. The summed E-state index contributed by atoms with van der Waals surface area (Å²) >= 11 is 0. The molecule has 0 amide bonds. The lowest BCUT2D eigenvalue weighted by molar-refractivity contribution is 0.152. The number of nitrogens with zero attached hydrogens (tertiary/aromatic N) is 1. The normalized spacial score (nSPS) is 20.3. The molecule has 2 unspecified atom stereocenters. The Morgan fingerprint density at radius 1 is 1.29 bits per heavy atom. The van der Waals surface area contributed by atoms with E-state index >= 15 is 0 Å². The molecule has 2 aliphatic heterocycles. The van der Waals surface area contributed by atoms with E-state index in [1.54, 1.807) is 13.2 Å². The molecular weight excluding hydrogens is 350 g/mol. The van der Waals surface area contributed by atoms with E-state index in [9.17, 15) is 5.11 Å². The zero-order valence-corrected chi connectivity index (χ0v) is 16.6. The van der Waals surface area contributed by atoms with Gasteiger partial charge in [-0.2, -0.15) is 0 Å². The molecule has 0 spiro atoms. The molecule has 0 radical (unpaired) electrons. The maximum atomic E-state index is 9.75. The zero-order chi connectivity index (χ0) is 19.8. The van der Waals surface area contributed by atoms with Crippen LogP contribution in [0.3, 0.4) is 0 Å². The second kappa shape index (κ2) is 7.46. The summed E-state index contributed by atoms with van der Waals surface area (Å²) in [5.74, 6) is 1.87. The van der Waals surface area contributed by atoms with Gasteiger partial charge in [0.2, 0.25) is 0 Å². The van der Waals surface area contributed by atoms with E-state index in [1.165, 1.54) is 11.1 Å². The molecular formula is C24H27NO3. The standard InChI is InChI=1S/C24H27NO3/c1-5-15(2)24-23-22-18(10-9-16-7-6-8-20(28-24)21(16)22)17(12-14-27-4)19(11-13-26)25(23)3/h5-10,17,19,26H,1-2,11-14H2,3-4H3. The fourth-order valence-corrected chi connectivity index (χ4v) is 4.69. The summed E-state index contributed by atoms with van der Waals surface area (Å²) in [6.45, 7) is 8.88. The van der Waals surface area contributed by atoms with Gasteiger partial charge in [-0.15, -0.1) is 0 Å². The summed E-state index contributed by atoms with van der Waals surface area (Å²) in [4.78, 5) is 2.26. The van der Waals surface area contributed by atoms with Gasteiger partial charge in [0.1, 0.15) is 5.75 Å². The van der Waals surface area contributed by atoms with Gasteiger partial charge >= 0.3 is 0 Å². The van der Waals surface area contributed by atoms with Crippen molar-refractivity contribution in [2.45, 2.75) is 24.8 Å². The Kier molecular flexibility index (Phi) is 5.00. The second-order valence-corrected chi connectivity index (χ2v) is 7.47. The summed E-state index contributed by atoms with van der Waals surface area (Å²) in [6, 6.07) is 10.7. The van der Waals surface area contributed by atoms with Crippen molar-refractivity contribution in [2.24, 2.45) is 0 Å². The lowest BCUT2D eigenvalue weighted by atomic mass is 9.76. The Morgan fingerprint density at radius 3 is 2.82 bits per heavy atom. The van der Waals surface area contributed by atoms with E-state index in [-0.39, 0.29) is 18.6 Å². The molecule has 4 rings (SSSR count). The number of rotatable bonds is 7. The monoisotopic (exact) mass is 377 g/mol. The molecule has 0 saturated heterocycles. The Balaban J connectivity index is 2.04. The van der Waals surface area contributed by atoms with Crippen LogP contribution in [0.5, 0.6) is 5.75 Å². The maximum absolute atomic E-state index is 9.75. The average Bonchev–Trinajstić information content (AvgIpc) is 2.72. The maximum Gasteiger partial charge on any atom is 0.157 e. The minimum absolute atomic E-state index is 0.137. The molecule has 4 heteroatoms. The van der Waals surface area contributed by atoms with Crippen LogP contribution in [-0.2, 0) is 4.74 Å². The topological polar surface area (TPSA) is 41.9 Å². The number of methoxy groups -OCH3 is 1. The van der Waals surface area contributed by atoms with Gasteiger partial charge in [0.15, 0.2) is 5.76 Å². The van der Waals surface area contributed by atoms with E-state index < -0.39 is 0 Å². The van der Waals surface area contributed by atoms with E-state index in [0.717, 1.165) is 40.0 Å². The number of aliphatic hydroxyl groups is 1. The number of hydrogen-bond donors (Lipinski definition) is 1. The SMILES string of the molecule is C=CC(=C)C1=C2c3c(ccc4cccc(c34)O1)C(CCOC)C(CCO)N2C. The largest absolute Gasteiger partial charge is 0.454 e. The van der Waals surface area contributed by atoms with E-state index in [0.29, 0.717) is 13.0 Å². The third-order valence-electron chi connectivity index (χ3n) is 6.01. The third-order valence-corrected chi connectivity index (χ3v) is 6.01.